The molecule has 0 amide bonds. The molecule has 0 saturated carbocycles. The smallest absolute Gasteiger partial charge is 0.455 e. The summed E-state index contributed by atoms with van der Waals surface area (Å²) in [6, 6.07) is 0. The number of hydrogen-bond donors (Lipinski definition) is 0. The van der Waals surface area contributed by atoms with Gasteiger partial charge in [0.05, 0.1) is 0 Å². The van der Waals surface area contributed by atoms with Gasteiger partial charge in [0.2, 0.25) is 0 Å². The van der Waals surface area contributed by atoms with Gasteiger partial charge in [0.25, 0.3) is 0 Å². The van der Waals surface area contributed by atoms with Crippen LogP contribution in [0.3, 0.4) is 0 Å². The van der Waals surface area contributed by atoms with E-state index in [0.29, 0.717) is 6.42 Å². The molecule has 92 valence electrons. The van der Waals surface area contributed by atoms with Gasteiger partial charge in [-0.1, -0.05) is 29.5 Å². The SMILES string of the molecule is CCC(I)C(=O)OC(C)(C)C1COC(=O)O1. The first-order valence-corrected chi connectivity index (χ1v) is 6.31. The highest BCUT2D eigenvalue weighted by Crippen LogP contribution is 2.25. The normalized spacial score (nSPS) is 22.2. The third-order valence-corrected chi connectivity index (χ3v) is 3.73. The first-order valence-electron chi connectivity index (χ1n) is 5.07. The summed E-state index contributed by atoms with van der Waals surface area (Å²) >= 11 is 2.03. The van der Waals surface area contributed by atoms with E-state index in [-0.39, 0.29) is 16.5 Å². The number of alkyl halides is 1. The maximum Gasteiger partial charge on any atom is 0.508 e. The van der Waals surface area contributed by atoms with E-state index in [2.05, 4.69) is 4.74 Å². The second kappa shape index (κ2) is 5.20. The van der Waals surface area contributed by atoms with Crippen molar-refractivity contribution in [2.24, 2.45) is 0 Å². The summed E-state index contributed by atoms with van der Waals surface area (Å²) in [5, 5.41) is 0. The number of rotatable bonds is 4. The van der Waals surface area contributed by atoms with Crippen LogP contribution in [-0.4, -0.2) is 34.4 Å². The van der Waals surface area contributed by atoms with Gasteiger partial charge in [-0.05, 0) is 20.3 Å². The monoisotopic (exact) mass is 342 g/mol. The molecule has 0 aromatic heterocycles. The largest absolute Gasteiger partial charge is 0.508 e. The summed E-state index contributed by atoms with van der Waals surface area (Å²) in [6.45, 7) is 5.44. The molecule has 0 aromatic rings. The quantitative estimate of drug-likeness (QED) is 0.445. The zero-order valence-electron chi connectivity index (χ0n) is 9.49. The number of esters is 1. The Kier molecular flexibility index (Phi) is 4.40. The van der Waals surface area contributed by atoms with E-state index >= 15 is 0 Å². The Bertz CT molecular complexity index is 289. The topological polar surface area (TPSA) is 61.8 Å². The Labute approximate surface area is 108 Å². The molecule has 1 heterocycles. The fourth-order valence-corrected chi connectivity index (χ4v) is 1.35. The van der Waals surface area contributed by atoms with Crippen molar-refractivity contribution in [2.45, 2.75) is 42.8 Å². The van der Waals surface area contributed by atoms with Crippen molar-refractivity contribution < 1.29 is 23.8 Å². The van der Waals surface area contributed by atoms with Crippen LogP contribution in [0.2, 0.25) is 0 Å². The van der Waals surface area contributed by atoms with E-state index in [9.17, 15) is 9.59 Å². The highest BCUT2D eigenvalue weighted by molar-refractivity contribution is 14.1. The van der Waals surface area contributed by atoms with Gasteiger partial charge in [0.1, 0.15) is 16.1 Å². The van der Waals surface area contributed by atoms with Gasteiger partial charge in [-0.25, -0.2) is 4.79 Å². The minimum absolute atomic E-state index is 0.122. The van der Waals surface area contributed by atoms with Crippen LogP contribution < -0.4 is 0 Å². The lowest BCUT2D eigenvalue weighted by Crippen LogP contribution is -2.43. The van der Waals surface area contributed by atoms with Crippen LogP contribution >= 0.6 is 22.6 Å². The summed E-state index contributed by atoms with van der Waals surface area (Å²) in [4.78, 5) is 22.4. The van der Waals surface area contributed by atoms with Crippen molar-refractivity contribution >= 4 is 34.7 Å². The Morgan fingerprint density at radius 3 is 2.75 bits per heavy atom. The summed E-state index contributed by atoms with van der Waals surface area (Å²) in [5.74, 6) is -0.295. The summed E-state index contributed by atoms with van der Waals surface area (Å²) < 4.78 is 14.7. The van der Waals surface area contributed by atoms with Crippen LogP contribution in [0, 0.1) is 0 Å². The molecular formula is C10H15IO5. The van der Waals surface area contributed by atoms with Crippen molar-refractivity contribution in [3.05, 3.63) is 0 Å². The highest BCUT2D eigenvalue weighted by atomic mass is 127. The van der Waals surface area contributed by atoms with Crippen LogP contribution in [0.25, 0.3) is 0 Å². The van der Waals surface area contributed by atoms with Gasteiger partial charge >= 0.3 is 12.1 Å². The molecule has 5 nitrogen and oxygen atoms in total. The van der Waals surface area contributed by atoms with E-state index in [1.54, 1.807) is 13.8 Å². The van der Waals surface area contributed by atoms with Crippen LogP contribution in [0.4, 0.5) is 4.79 Å². The lowest BCUT2D eigenvalue weighted by Gasteiger charge is -2.29. The van der Waals surface area contributed by atoms with Gasteiger partial charge in [-0.2, -0.15) is 0 Å². The summed E-state index contributed by atoms with van der Waals surface area (Å²) in [6.07, 6.45) is -0.545. The average Bonchev–Trinajstić information content (AvgIpc) is 2.63. The molecule has 0 aliphatic carbocycles. The van der Waals surface area contributed by atoms with Gasteiger partial charge in [-0.3, -0.25) is 4.79 Å². The first kappa shape index (κ1) is 13.5. The van der Waals surface area contributed by atoms with Crippen LogP contribution in [0.1, 0.15) is 27.2 Å². The molecule has 2 atom stereocenters. The van der Waals surface area contributed by atoms with Gasteiger partial charge in [-0.15, -0.1) is 0 Å². The molecule has 0 spiro atoms. The molecule has 1 aliphatic heterocycles. The predicted octanol–water partition coefficient (Wildman–Crippen LogP) is 2.06. The van der Waals surface area contributed by atoms with Gasteiger partial charge in [0.15, 0.2) is 6.10 Å². The molecule has 1 fully saturated rings. The standard InChI is InChI=1S/C10H15IO5/c1-4-6(11)8(12)16-10(2,3)7-5-14-9(13)15-7/h6-7H,4-5H2,1-3H3. The van der Waals surface area contributed by atoms with Crippen LogP contribution in [0.15, 0.2) is 0 Å². The third kappa shape index (κ3) is 3.23. The Balaban J connectivity index is 2.57. The van der Waals surface area contributed by atoms with Crippen molar-refractivity contribution in [1.82, 2.24) is 0 Å². The number of halogens is 1. The van der Waals surface area contributed by atoms with E-state index in [4.69, 9.17) is 9.47 Å². The molecule has 0 radical (unpaired) electrons. The van der Waals surface area contributed by atoms with E-state index in [1.165, 1.54) is 0 Å². The number of hydrogen-bond acceptors (Lipinski definition) is 5. The molecule has 1 aliphatic rings. The number of ether oxygens (including phenoxy) is 3. The fraction of sp³-hybridized carbons (Fsp3) is 0.800. The predicted molar refractivity (Wildman–Crippen MR) is 64.5 cm³/mol. The van der Waals surface area contributed by atoms with Gasteiger partial charge in [0, 0.05) is 0 Å². The maximum absolute atomic E-state index is 11.6. The maximum atomic E-state index is 11.6. The van der Waals surface area contributed by atoms with E-state index in [0.717, 1.165) is 0 Å². The average molecular weight is 342 g/mol. The number of carbonyl (C=O) groups excluding carboxylic acids is 2. The van der Waals surface area contributed by atoms with Crippen LogP contribution in [-0.2, 0) is 19.0 Å². The van der Waals surface area contributed by atoms with Crippen molar-refractivity contribution in [3.63, 3.8) is 0 Å². The molecule has 0 aromatic carbocycles. The molecule has 0 N–H and O–H groups in total. The zero-order valence-corrected chi connectivity index (χ0v) is 11.6. The van der Waals surface area contributed by atoms with Gasteiger partial charge < -0.3 is 14.2 Å². The van der Waals surface area contributed by atoms with Crippen molar-refractivity contribution in [3.8, 4) is 0 Å². The Morgan fingerprint density at radius 2 is 2.31 bits per heavy atom. The van der Waals surface area contributed by atoms with Crippen LogP contribution in [0.5, 0.6) is 0 Å². The lowest BCUT2D eigenvalue weighted by atomic mass is 10.0. The second-order valence-corrected chi connectivity index (χ2v) is 5.57. The number of carbonyl (C=O) groups is 2. The minimum Gasteiger partial charge on any atom is -0.455 e. The fourth-order valence-electron chi connectivity index (χ4n) is 1.23. The second-order valence-electron chi connectivity index (χ2n) is 4.07. The van der Waals surface area contributed by atoms with Crippen molar-refractivity contribution in [1.29, 1.82) is 0 Å². The number of cyclic esters (lactones) is 2. The molecule has 1 saturated heterocycles. The minimum atomic E-state index is -0.859. The molecule has 2 unspecified atom stereocenters. The van der Waals surface area contributed by atoms with E-state index < -0.39 is 17.9 Å². The molecular weight excluding hydrogens is 327 g/mol. The zero-order chi connectivity index (χ0) is 12.3. The Hall–Kier alpha value is -0.530. The Morgan fingerprint density at radius 1 is 1.69 bits per heavy atom. The highest BCUT2D eigenvalue weighted by Gasteiger charge is 2.42. The summed E-state index contributed by atoms with van der Waals surface area (Å²) in [5.41, 5.74) is -0.859. The molecule has 1 rings (SSSR count). The first-order chi connectivity index (χ1) is 7.36. The summed E-state index contributed by atoms with van der Waals surface area (Å²) in [7, 11) is 0. The third-order valence-electron chi connectivity index (χ3n) is 2.34. The van der Waals surface area contributed by atoms with Crippen molar-refractivity contribution in [2.75, 3.05) is 6.61 Å². The van der Waals surface area contributed by atoms with E-state index in [1.807, 2.05) is 29.5 Å². The molecule has 0 bridgehead atoms. The molecule has 16 heavy (non-hydrogen) atoms. The molecule has 6 heteroatoms. The lowest BCUT2D eigenvalue weighted by molar-refractivity contribution is -0.164.